The molecule has 0 aliphatic carbocycles. The molecular weight excluding hydrogens is 194 g/mol. The number of aryl methyl sites for hydroxylation is 1. The molecule has 0 unspecified atom stereocenters. The Hall–Kier alpha value is -0.610. The second-order valence-electron chi connectivity index (χ2n) is 3.67. The molecule has 0 radical (unpaired) electrons. The van der Waals surface area contributed by atoms with Crippen LogP contribution in [-0.4, -0.2) is 42.6 Å². The first kappa shape index (κ1) is 9.93. The standard InChI is InChI=1S/C10H17N3S/c1-3-12-4-6-13(7-5-12)10-11-8-9(2)14-10/h8H,3-7H2,1-2H3. The van der Waals surface area contributed by atoms with Gasteiger partial charge < -0.3 is 9.80 Å². The van der Waals surface area contributed by atoms with Crippen LogP contribution in [0.3, 0.4) is 0 Å². The summed E-state index contributed by atoms with van der Waals surface area (Å²) in [6.07, 6.45) is 1.96. The highest BCUT2D eigenvalue weighted by molar-refractivity contribution is 7.15. The van der Waals surface area contributed by atoms with E-state index in [-0.39, 0.29) is 0 Å². The molecule has 14 heavy (non-hydrogen) atoms. The van der Waals surface area contributed by atoms with E-state index < -0.39 is 0 Å². The zero-order valence-corrected chi connectivity index (χ0v) is 9.68. The summed E-state index contributed by atoms with van der Waals surface area (Å²) in [4.78, 5) is 10.6. The Bertz CT molecular complexity index is 289. The van der Waals surface area contributed by atoms with Crippen molar-refractivity contribution in [2.24, 2.45) is 0 Å². The maximum absolute atomic E-state index is 4.42. The van der Waals surface area contributed by atoms with Crippen LogP contribution in [0.15, 0.2) is 6.20 Å². The van der Waals surface area contributed by atoms with Gasteiger partial charge in [0.2, 0.25) is 0 Å². The van der Waals surface area contributed by atoms with Crippen molar-refractivity contribution < 1.29 is 0 Å². The number of hydrogen-bond donors (Lipinski definition) is 0. The summed E-state index contributed by atoms with van der Waals surface area (Å²) in [6.45, 7) is 10.1. The SMILES string of the molecule is CCN1CCN(c2ncc(C)s2)CC1. The van der Waals surface area contributed by atoms with Crippen LogP contribution < -0.4 is 4.90 Å². The lowest BCUT2D eigenvalue weighted by Gasteiger charge is -2.33. The number of nitrogens with zero attached hydrogens (tertiary/aromatic N) is 3. The topological polar surface area (TPSA) is 19.4 Å². The maximum atomic E-state index is 4.42. The Morgan fingerprint density at radius 3 is 2.57 bits per heavy atom. The van der Waals surface area contributed by atoms with E-state index >= 15 is 0 Å². The lowest BCUT2D eigenvalue weighted by Crippen LogP contribution is -2.46. The van der Waals surface area contributed by atoms with Gasteiger partial charge in [-0.05, 0) is 13.5 Å². The van der Waals surface area contributed by atoms with E-state index in [0.29, 0.717) is 0 Å². The van der Waals surface area contributed by atoms with Gasteiger partial charge in [0.15, 0.2) is 5.13 Å². The molecule has 0 atom stereocenters. The van der Waals surface area contributed by atoms with E-state index in [1.54, 1.807) is 11.3 Å². The minimum atomic E-state index is 1.13. The highest BCUT2D eigenvalue weighted by Crippen LogP contribution is 2.22. The summed E-state index contributed by atoms with van der Waals surface area (Å²) in [5.74, 6) is 0. The second kappa shape index (κ2) is 4.28. The monoisotopic (exact) mass is 211 g/mol. The Kier molecular flexibility index (Phi) is 3.03. The number of aromatic nitrogens is 1. The van der Waals surface area contributed by atoms with Gasteiger partial charge in [0.1, 0.15) is 0 Å². The molecule has 0 bridgehead atoms. The number of hydrogen-bond acceptors (Lipinski definition) is 4. The van der Waals surface area contributed by atoms with Gasteiger partial charge in [0.05, 0.1) is 0 Å². The zero-order valence-electron chi connectivity index (χ0n) is 8.86. The summed E-state index contributed by atoms with van der Waals surface area (Å²) >= 11 is 1.80. The third kappa shape index (κ3) is 2.07. The maximum Gasteiger partial charge on any atom is 0.185 e. The molecule has 0 spiro atoms. The van der Waals surface area contributed by atoms with Crippen LogP contribution in [0.5, 0.6) is 0 Å². The minimum Gasteiger partial charge on any atom is -0.346 e. The van der Waals surface area contributed by atoms with Crippen molar-refractivity contribution in [2.45, 2.75) is 13.8 Å². The molecule has 78 valence electrons. The van der Waals surface area contributed by atoms with Crippen molar-refractivity contribution in [3.63, 3.8) is 0 Å². The smallest absolute Gasteiger partial charge is 0.185 e. The largest absolute Gasteiger partial charge is 0.346 e. The molecule has 0 saturated carbocycles. The quantitative estimate of drug-likeness (QED) is 0.740. The normalized spacial score (nSPS) is 18.9. The number of likely N-dealkylation sites (N-methyl/N-ethyl adjacent to an activating group) is 1. The van der Waals surface area contributed by atoms with Gasteiger partial charge in [-0.25, -0.2) is 4.98 Å². The number of thiazole rings is 1. The third-order valence-corrected chi connectivity index (χ3v) is 3.67. The van der Waals surface area contributed by atoms with Crippen LogP contribution in [0.1, 0.15) is 11.8 Å². The van der Waals surface area contributed by atoms with E-state index in [1.807, 2.05) is 6.20 Å². The van der Waals surface area contributed by atoms with E-state index in [2.05, 4.69) is 28.6 Å². The van der Waals surface area contributed by atoms with Crippen molar-refractivity contribution in [3.8, 4) is 0 Å². The van der Waals surface area contributed by atoms with Gasteiger partial charge >= 0.3 is 0 Å². The molecule has 2 heterocycles. The number of rotatable bonds is 2. The van der Waals surface area contributed by atoms with E-state index in [9.17, 15) is 0 Å². The number of piperazine rings is 1. The molecule has 0 amide bonds. The van der Waals surface area contributed by atoms with Crippen LogP contribution in [0, 0.1) is 6.92 Å². The molecule has 0 N–H and O–H groups in total. The molecule has 4 heteroatoms. The first-order chi connectivity index (χ1) is 6.79. The predicted molar refractivity (Wildman–Crippen MR) is 61.2 cm³/mol. The predicted octanol–water partition coefficient (Wildman–Crippen LogP) is 1.59. The lowest BCUT2D eigenvalue weighted by molar-refractivity contribution is 0.271. The molecule has 2 rings (SSSR count). The van der Waals surface area contributed by atoms with Crippen LogP contribution >= 0.6 is 11.3 Å². The fourth-order valence-electron chi connectivity index (χ4n) is 1.74. The van der Waals surface area contributed by atoms with Crippen LogP contribution in [-0.2, 0) is 0 Å². The Morgan fingerprint density at radius 1 is 1.36 bits per heavy atom. The van der Waals surface area contributed by atoms with E-state index in [4.69, 9.17) is 0 Å². The molecular formula is C10H17N3S. The van der Waals surface area contributed by atoms with Gasteiger partial charge in [-0.1, -0.05) is 6.92 Å². The van der Waals surface area contributed by atoms with Gasteiger partial charge in [0.25, 0.3) is 0 Å². The molecule has 3 nitrogen and oxygen atoms in total. The van der Waals surface area contributed by atoms with Crippen molar-refractivity contribution in [1.82, 2.24) is 9.88 Å². The highest BCUT2D eigenvalue weighted by atomic mass is 32.1. The Labute approximate surface area is 89.4 Å². The first-order valence-corrected chi connectivity index (χ1v) is 6.01. The van der Waals surface area contributed by atoms with Crippen LogP contribution in [0.4, 0.5) is 5.13 Å². The Morgan fingerprint density at radius 2 is 2.07 bits per heavy atom. The Balaban J connectivity index is 1.95. The van der Waals surface area contributed by atoms with Crippen molar-refractivity contribution in [2.75, 3.05) is 37.6 Å². The summed E-state index contributed by atoms with van der Waals surface area (Å²) < 4.78 is 0. The molecule has 1 saturated heterocycles. The van der Waals surface area contributed by atoms with Crippen LogP contribution in [0.2, 0.25) is 0 Å². The van der Waals surface area contributed by atoms with Crippen molar-refractivity contribution in [3.05, 3.63) is 11.1 Å². The minimum absolute atomic E-state index is 1.13. The van der Waals surface area contributed by atoms with E-state index in [1.165, 1.54) is 29.6 Å². The van der Waals surface area contributed by atoms with E-state index in [0.717, 1.165) is 13.1 Å². The second-order valence-corrected chi connectivity index (χ2v) is 4.89. The molecule has 1 aliphatic rings. The summed E-state index contributed by atoms with van der Waals surface area (Å²) in [5, 5.41) is 1.19. The zero-order chi connectivity index (χ0) is 9.97. The molecule has 1 aliphatic heterocycles. The molecule has 1 aromatic heterocycles. The average molecular weight is 211 g/mol. The average Bonchev–Trinajstić information content (AvgIpc) is 2.65. The summed E-state index contributed by atoms with van der Waals surface area (Å²) in [7, 11) is 0. The molecule has 1 aromatic rings. The van der Waals surface area contributed by atoms with Crippen molar-refractivity contribution in [1.29, 1.82) is 0 Å². The first-order valence-electron chi connectivity index (χ1n) is 5.19. The highest BCUT2D eigenvalue weighted by Gasteiger charge is 2.17. The fraction of sp³-hybridized carbons (Fsp3) is 0.700. The van der Waals surface area contributed by atoms with Crippen molar-refractivity contribution >= 4 is 16.5 Å². The third-order valence-electron chi connectivity index (χ3n) is 2.70. The molecule has 1 fully saturated rings. The lowest BCUT2D eigenvalue weighted by atomic mass is 10.3. The van der Waals surface area contributed by atoms with Gasteiger partial charge in [-0.3, -0.25) is 0 Å². The summed E-state index contributed by atoms with van der Waals surface area (Å²) in [6, 6.07) is 0. The molecule has 0 aromatic carbocycles. The fourth-order valence-corrected chi connectivity index (χ4v) is 2.55. The van der Waals surface area contributed by atoms with Crippen LogP contribution in [0.25, 0.3) is 0 Å². The van der Waals surface area contributed by atoms with Gasteiger partial charge in [0, 0.05) is 37.3 Å². The van der Waals surface area contributed by atoms with Gasteiger partial charge in [-0.2, -0.15) is 0 Å². The summed E-state index contributed by atoms with van der Waals surface area (Å²) in [5.41, 5.74) is 0. The van der Waals surface area contributed by atoms with Gasteiger partial charge in [-0.15, -0.1) is 11.3 Å². The number of anilines is 1.